The van der Waals surface area contributed by atoms with E-state index in [0.29, 0.717) is 11.6 Å². The number of halogens is 3. The number of hydrogen-bond acceptors (Lipinski definition) is 5. The molecule has 0 aliphatic carbocycles. The summed E-state index contributed by atoms with van der Waals surface area (Å²) in [5, 5.41) is 11.2. The summed E-state index contributed by atoms with van der Waals surface area (Å²) in [6.07, 6.45) is -3.24. The Hall–Kier alpha value is -3.04. The third-order valence-electron chi connectivity index (χ3n) is 4.46. The highest BCUT2D eigenvalue weighted by Gasteiger charge is 2.34. The molecule has 0 unspecified atom stereocenters. The quantitative estimate of drug-likeness (QED) is 0.599. The van der Waals surface area contributed by atoms with Gasteiger partial charge in [0.15, 0.2) is 5.76 Å². The molecular formula is C17H16F3N3O4. The van der Waals surface area contributed by atoms with Crippen LogP contribution >= 0.6 is 0 Å². The summed E-state index contributed by atoms with van der Waals surface area (Å²) in [5.74, 6) is -0.0389. The van der Waals surface area contributed by atoms with Crippen LogP contribution in [-0.2, 0) is 6.18 Å². The number of hydrogen-bond donors (Lipinski definition) is 0. The van der Waals surface area contributed by atoms with Gasteiger partial charge in [-0.2, -0.15) is 13.2 Å². The number of amides is 1. The van der Waals surface area contributed by atoms with Gasteiger partial charge in [-0.05, 0) is 25.1 Å². The van der Waals surface area contributed by atoms with Crippen LogP contribution in [0.25, 0.3) is 0 Å². The lowest BCUT2D eigenvalue weighted by Crippen LogP contribution is -2.49. The molecule has 0 bridgehead atoms. The molecule has 27 heavy (non-hydrogen) atoms. The molecule has 0 spiro atoms. The minimum absolute atomic E-state index is 0.106. The van der Waals surface area contributed by atoms with Gasteiger partial charge in [-0.3, -0.25) is 14.9 Å². The monoisotopic (exact) mass is 383 g/mol. The summed E-state index contributed by atoms with van der Waals surface area (Å²) in [5.41, 5.74) is -0.860. The van der Waals surface area contributed by atoms with Gasteiger partial charge in [0.1, 0.15) is 5.69 Å². The minimum Gasteiger partial charge on any atom is -0.459 e. The van der Waals surface area contributed by atoms with Gasteiger partial charge in [-0.1, -0.05) is 0 Å². The first kappa shape index (κ1) is 18.7. The summed E-state index contributed by atoms with van der Waals surface area (Å²) in [4.78, 5) is 26.0. The highest BCUT2D eigenvalue weighted by Crippen LogP contribution is 2.36. The molecule has 0 saturated carbocycles. The number of furan rings is 1. The number of carbonyl (C=O) groups is 1. The van der Waals surface area contributed by atoms with Crippen molar-refractivity contribution < 1.29 is 27.3 Å². The van der Waals surface area contributed by atoms with E-state index in [-0.39, 0.29) is 43.5 Å². The van der Waals surface area contributed by atoms with Crippen LogP contribution in [0.5, 0.6) is 0 Å². The molecule has 1 aliphatic heterocycles. The van der Waals surface area contributed by atoms with Crippen LogP contribution in [0.4, 0.5) is 24.5 Å². The Morgan fingerprint density at radius 3 is 2.37 bits per heavy atom. The minimum atomic E-state index is -4.66. The van der Waals surface area contributed by atoms with E-state index in [0.717, 1.165) is 12.1 Å². The van der Waals surface area contributed by atoms with Crippen LogP contribution in [0.2, 0.25) is 0 Å². The molecule has 1 aromatic heterocycles. The molecule has 1 aliphatic rings. The SMILES string of the molecule is Cc1ccoc1C(=O)N1CCN(c2ccc(C(F)(F)F)cc2[N+](=O)[O-])CC1. The second-order valence-corrected chi connectivity index (χ2v) is 6.17. The number of alkyl halides is 3. The highest BCUT2D eigenvalue weighted by atomic mass is 19.4. The van der Waals surface area contributed by atoms with Crippen LogP contribution in [0.15, 0.2) is 34.9 Å². The summed E-state index contributed by atoms with van der Waals surface area (Å²) >= 11 is 0. The maximum absolute atomic E-state index is 12.8. The summed E-state index contributed by atoms with van der Waals surface area (Å²) < 4.78 is 43.7. The van der Waals surface area contributed by atoms with Crippen molar-refractivity contribution in [2.75, 3.05) is 31.1 Å². The van der Waals surface area contributed by atoms with Gasteiger partial charge in [0.05, 0.1) is 16.7 Å². The van der Waals surface area contributed by atoms with Crippen molar-refractivity contribution in [2.24, 2.45) is 0 Å². The van der Waals surface area contributed by atoms with Crippen molar-refractivity contribution >= 4 is 17.3 Å². The first-order valence-corrected chi connectivity index (χ1v) is 8.12. The van der Waals surface area contributed by atoms with Crippen LogP contribution in [-0.4, -0.2) is 41.9 Å². The molecule has 144 valence electrons. The summed E-state index contributed by atoms with van der Waals surface area (Å²) in [6.45, 7) is 2.82. The predicted molar refractivity (Wildman–Crippen MR) is 89.7 cm³/mol. The summed E-state index contributed by atoms with van der Waals surface area (Å²) in [6, 6.07) is 4.15. The number of benzene rings is 1. The Bertz CT molecular complexity index is 871. The number of anilines is 1. The smallest absolute Gasteiger partial charge is 0.416 e. The van der Waals surface area contributed by atoms with Crippen LogP contribution in [0, 0.1) is 17.0 Å². The lowest BCUT2D eigenvalue weighted by Gasteiger charge is -2.35. The van der Waals surface area contributed by atoms with Gasteiger partial charge < -0.3 is 14.2 Å². The number of piperazine rings is 1. The van der Waals surface area contributed by atoms with Crippen molar-refractivity contribution in [3.8, 4) is 0 Å². The topological polar surface area (TPSA) is 79.8 Å². The van der Waals surface area contributed by atoms with E-state index in [9.17, 15) is 28.1 Å². The van der Waals surface area contributed by atoms with Gasteiger partial charge in [0.25, 0.3) is 11.6 Å². The molecule has 0 radical (unpaired) electrons. The number of carbonyl (C=O) groups excluding carboxylic acids is 1. The van der Waals surface area contributed by atoms with Gasteiger partial charge in [-0.15, -0.1) is 0 Å². The maximum Gasteiger partial charge on any atom is 0.416 e. The van der Waals surface area contributed by atoms with Gasteiger partial charge in [0.2, 0.25) is 0 Å². The normalized spacial score (nSPS) is 15.1. The standard InChI is InChI=1S/C17H16F3N3O4/c1-11-4-9-27-15(11)16(24)22-7-5-21(6-8-22)13-3-2-12(17(18,19)20)10-14(13)23(25)26/h2-4,9-10H,5-8H2,1H3. The van der Waals surface area contributed by atoms with Crippen molar-refractivity contribution in [3.63, 3.8) is 0 Å². The van der Waals surface area contributed by atoms with E-state index in [2.05, 4.69) is 0 Å². The Morgan fingerprint density at radius 2 is 1.85 bits per heavy atom. The van der Waals surface area contributed by atoms with Crippen LogP contribution < -0.4 is 4.90 Å². The number of aryl methyl sites for hydroxylation is 1. The molecule has 0 N–H and O–H groups in total. The van der Waals surface area contributed by atoms with E-state index in [1.54, 1.807) is 22.8 Å². The third kappa shape index (κ3) is 3.74. The molecule has 10 heteroatoms. The predicted octanol–water partition coefficient (Wildman–Crippen LogP) is 3.48. The zero-order chi connectivity index (χ0) is 19.8. The van der Waals surface area contributed by atoms with Crippen LogP contribution in [0.1, 0.15) is 21.7 Å². The third-order valence-corrected chi connectivity index (χ3v) is 4.46. The summed E-state index contributed by atoms with van der Waals surface area (Å²) in [7, 11) is 0. The Balaban J connectivity index is 1.77. The fourth-order valence-electron chi connectivity index (χ4n) is 3.00. The fraction of sp³-hybridized carbons (Fsp3) is 0.353. The second kappa shape index (κ2) is 6.93. The molecule has 1 saturated heterocycles. The lowest BCUT2D eigenvalue weighted by molar-refractivity contribution is -0.384. The molecule has 1 aromatic carbocycles. The van der Waals surface area contributed by atoms with Crippen molar-refractivity contribution in [1.29, 1.82) is 0 Å². The van der Waals surface area contributed by atoms with E-state index in [1.165, 1.54) is 6.26 Å². The largest absolute Gasteiger partial charge is 0.459 e. The van der Waals surface area contributed by atoms with Gasteiger partial charge >= 0.3 is 6.18 Å². The van der Waals surface area contributed by atoms with Crippen molar-refractivity contribution in [3.05, 3.63) is 57.5 Å². The zero-order valence-electron chi connectivity index (χ0n) is 14.3. The average Bonchev–Trinajstić information content (AvgIpc) is 3.06. The molecule has 7 nitrogen and oxygen atoms in total. The fourth-order valence-corrected chi connectivity index (χ4v) is 3.00. The second-order valence-electron chi connectivity index (χ2n) is 6.17. The van der Waals surface area contributed by atoms with E-state index < -0.39 is 22.4 Å². The number of nitro benzene ring substituents is 1. The first-order chi connectivity index (χ1) is 12.7. The molecule has 0 atom stereocenters. The van der Waals surface area contributed by atoms with E-state index >= 15 is 0 Å². The molecular weight excluding hydrogens is 367 g/mol. The Morgan fingerprint density at radius 1 is 1.19 bits per heavy atom. The highest BCUT2D eigenvalue weighted by molar-refractivity contribution is 5.93. The van der Waals surface area contributed by atoms with Gasteiger partial charge in [0, 0.05) is 37.8 Å². The van der Waals surface area contributed by atoms with Crippen molar-refractivity contribution in [1.82, 2.24) is 4.90 Å². The van der Waals surface area contributed by atoms with Crippen LogP contribution in [0.3, 0.4) is 0 Å². The van der Waals surface area contributed by atoms with E-state index in [4.69, 9.17) is 4.42 Å². The molecule has 2 heterocycles. The Kier molecular flexibility index (Phi) is 4.81. The van der Waals surface area contributed by atoms with Crippen molar-refractivity contribution in [2.45, 2.75) is 13.1 Å². The molecule has 1 amide bonds. The molecule has 3 rings (SSSR count). The number of rotatable bonds is 3. The van der Waals surface area contributed by atoms with E-state index in [1.807, 2.05) is 0 Å². The first-order valence-electron chi connectivity index (χ1n) is 8.12. The Labute approximate surface area is 152 Å². The number of nitro groups is 1. The molecule has 1 fully saturated rings. The zero-order valence-corrected chi connectivity index (χ0v) is 14.3. The molecule has 2 aromatic rings. The number of nitrogens with zero attached hydrogens (tertiary/aromatic N) is 3. The lowest BCUT2D eigenvalue weighted by atomic mass is 10.1. The average molecular weight is 383 g/mol. The van der Waals surface area contributed by atoms with Gasteiger partial charge in [-0.25, -0.2) is 0 Å². The maximum atomic E-state index is 12.8.